The molecule has 1 unspecified atom stereocenters. The van der Waals surface area contributed by atoms with Gasteiger partial charge in [0.15, 0.2) is 0 Å². The maximum Gasteiger partial charge on any atom is 0.238 e. The van der Waals surface area contributed by atoms with Crippen molar-refractivity contribution in [2.45, 2.75) is 18.2 Å². The van der Waals surface area contributed by atoms with Gasteiger partial charge in [-0.2, -0.15) is 0 Å². The van der Waals surface area contributed by atoms with E-state index in [2.05, 4.69) is 5.32 Å². The number of benzene rings is 1. The fraction of sp³-hybridized carbons (Fsp3) is 0.417. The molecule has 1 saturated heterocycles. The normalized spacial score (nSPS) is 19.4. The van der Waals surface area contributed by atoms with Gasteiger partial charge in [0.1, 0.15) is 0 Å². The van der Waals surface area contributed by atoms with E-state index < -0.39 is 10.0 Å². The quantitative estimate of drug-likeness (QED) is 0.850. The highest BCUT2D eigenvalue weighted by molar-refractivity contribution is 7.89. The fourth-order valence-electron chi connectivity index (χ4n) is 1.97. The Balaban J connectivity index is 2.19. The van der Waals surface area contributed by atoms with Crippen LogP contribution in [-0.2, 0) is 19.6 Å². The number of carbonyl (C=O) groups is 1. The Bertz CT molecular complexity index is 592. The van der Waals surface area contributed by atoms with E-state index in [0.29, 0.717) is 30.9 Å². The second-order valence-electron chi connectivity index (χ2n) is 4.58. The molecule has 6 nitrogen and oxygen atoms in total. The number of nitrogens with two attached hydrogens (primary N) is 1. The lowest BCUT2D eigenvalue weighted by Crippen LogP contribution is -2.23. The molecule has 1 amide bonds. The summed E-state index contributed by atoms with van der Waals surface area (Å²) < 4.78 is 27.9. The van der Waals surface area contributed by atoms with Crippen molar-refractivity contribution in [3.05, 3.63) is 23.8 Å². The van der Waals surface area contributed by atoms with Crippen LogP contribution in [0.3, 0.4) is 0 Å². The van der Waals surface area contributed by atoms with Crippen molar-refractivity contribution in [3.8, 4) is 0 Å². The summed E-state index contributed by atoms with van der Waals surface area (Å²) in [6.45, 7) is 2.63. The number of rotatable bonds is 3. The van der Waals surface area contributed by atoms with Crippen LogP contribution in [0.5, 0.6) is 0 Å². The number of ether oxygens (including phenoxy) is 1. The van der Waals surface area contributed by atoms with E-state index in [4.69, 9.17) is 9.88 Å². The van der Waals surface area contributed by atoms with E-state index in [1.54, 1.807) is 19.1 Å². The largest absolute Gasteiger partial charge is 0.381 e. The zero-order valence-electron chi connectivity index (χ0n) is 10.5. The molecule has 1 aromatic carbocycles. The summed E-state index contributed by atoms with van der Waals surface area (Å²) in [5, 5.41) is 7.80. The summed E-state index contributed by atoms with van der Waals surface area (Å²) in [4.78, 5) is 11.9. The number of carbonyl (C=O) groups excluding carboxylic acids is 1. The van der Waals surface area contributed by atoms with Gasteiger partial charge in [0, 0.05) is 12.3 Å². The van der Waals surface area contributed by atoms with Gasteiger partial charge in [0.25, 0.3) is 0 Å². The number of nitrogens with one attached hydrogen (secondary N) is 1. The SMILES string of the molecule is Cc1ccc(NC(=O)C2CCOC2)cc1S(N)(=O)=O. The Morgan fingerprint density at radius 3 is 2.79 bits per heavy atom. The third-order valence-corrected chi connectivity index (χ3v) is 4.12. The van der Waals surface area contributed by atoms with Crippen LogP contribution in [0.2, 0.25) is 0 Å². The lowest BCUT2D eigenvalue weighted by molar-refractivity contribution is -0.119. The van der Waals surface area contributed by atoms with E-state index >= 15 is 0 Å². The molecular weight excluding hydrogens is 268 g/mol. The molecule has 1 aromatic rings. The molecule has 1 fully saturated rings. The van der Waals surface area contributed by atoms with Gasteiger partial charge in [-0.25, -0.2) is 13.6 Å². The molecule has 0 spiro atoms. The third kappa shape index (κ3) is 3.31. The van der Waals surface area contributed by atoms with Gasteiger partial charge in [-0.3, -0.25) is 4.79 Å². The molecule has 7 heteroatoms. The minimum Gasteiger partial charge on any atom is -0.381 e. The van der Waals surface area contributed by atoms with Gasteiger partial charge < -0.3 is 10.1 Å². The lowest BCUT2D eigenvalue weighted by Gasteiger charge is -2.11. The molecule has 3 N–H and O–H groups in total. The summed E-state index contributed by atoms with van der Waals surface area (Å²) in [5.74, 6) is -0.346. The van der Waals surface area contributed by atoms with Crippen molar-refractivity contribution in [1.82, 2.24) is 0 Å². The van der Waals surface area contributed by atoms with Crippen LogP contribution in [0.15, 0.2) is 23.1 Å². The summed E-state index contributed by atoms with van der Waals surface area (Å²) in [6.07, 6.45) is 0.680. The number of primary sulfonamides is 1. The Morgan fingerprint density at radius 1 is 1.47 bits per heavy atom. The second-order valence-corrected chi connectivity index (χ2v) is 6.10. The molecule has 1 aliphatic rings. The van der Waals surface area contributed by atoms with Crippen LogP contribution in [0.25, 0.3) is 0 Å². The van der Waals surface area contributed by atoms with Crippen molar-refractivity contribution >= 4 is 21.6 Å². The van der Waals surface area contributed by atoms with Gasteiger partial charge in [0.2, 0.25) is 15.9 Å². The van der Waals surface area contributed by atoms with Crippen molar-refractivity contribution in [3.63, 3.8) is 0 Å². The molecule has 0 bridgehead atoms. The standard InChI is InChI=1S/C12H16N2O4S/c1-8-2-3-10(6-11(8)19(13,16)17)14-12(15)9-4-5-18-7-9/h2-3,6,9H,4-5,7H2,1H3,(H,14,15)(H2,13,16,17). The second kappa shape index (κ2) is 5.28. The van der Waals surface area contributed by atoms with Crippen molar-refractivity contribution < 1.29 is 17.9 Å². The number of sulfonamides is 1. The van der Waals surface area contributed by atoms with Crippen LogP contribution in [0.1, 0.15) is 12.0 Å². The van der Waals surface area contributed by atoms with Crippen LogP contribution in [0, 0.1) is 12.8 Å². The maximum absolute atomic E-state index is 11.9. The molecule has 0 saturated carbocycles. The monoisotopic (exact) mass is 284 g/mol. The molecule has 104 valence electrons. The highest BCUT2D eigenvalue weighted by Gasteiger charge is 2.23. The first-order valence-corrected chi connectivity index (χ1v) is 7.44. The number of hydrogen-bond donors (Lipinski definition) is 2. The predicted molar refractivity (Wildman–Crippen MR) is 70.1 cm³/mol. The van der Waals surface area contributed by atoms with Crippen LogP contribution < -0.4 is 10.5 Å². The van der Waals surface area contributed by atoms with E-state index in [1.165, 1.54) is 6.07 Å². The predicted octanol–water partition coefficient (Wildman–Crippen LogP) is 0.617. The molecule has 19 heavy (non-hydrogen) atoms. The summed E-state index contributed by atoms with van der Waals surface area (Å²) in [7, 11) is -3.79. The minimum atomic E-state index is -3.79. The number of hydrogen-bond acceptors (Lipinski definition) is 4. The Kier molecular flexibility index (Phi) is 3.88. The van der Waals surface area contributed by atoms with Crippen LogP contribution in [-0.4, -0.2) is 27.5 Å². The van der Waals surface area contributed by atoms with E-state index in [1.807, 2.05) is 0 Å². The summed E-state index contributed by atoms with van der Waals surface area (Å²) >= 11 is 0. The highest BCUT2D eigenvalue weighted by Crippen LogP contribution is 2.21. The molecule has 0 aliphatic carbocycles. The van der Waals surface area contributed by atoms with Crippen LogP contribution >= 0.6 is 0 Å². The van der Waals surface area contributed by atoms with Crippen LogP contribution in [0.4, 0.5) is 5.69 Å². The molecule has 0 radical (unpaired) electrons. The van der Waals surface area contributed by atoms with E-state index in [-0.39, 0.29) is 16.7 Å². The zero-order chi connectivity index (χ0) is 14.0. The molecule has 0 aromatic heterocycles. The van der Waals surface area contributed by atoms with Gasteiger partial charge >= 0.3 is 0 Å². The van der Waals surface area contributed by atoms with Gasteiger partial charge in [-0.1, -0.05) is 6.07 Å². The molecule has 1 aliphatic heterocycles. The summed E-state index contributed by atoms with van der Waals surface area (Å²) in [6, 6.07) is 4.64. The van der Waals surface area contributed by atoms with Gasteiger partial charge in [-0.15, -0.1) is 0 Å². The Hall–Kier alpha value is -1.44. The number of aryl methyl sites for hydroxylation is 1. The smallest absolute Gasteiger partial charge is 0.238 e. The highest BCUT2D eigenvalue weighted by atomic mass is 32.2. The topological polar surface area (TPSA) is 98.5 Å². The summed E-state index contributed by atoms with van der Waals surface area (Å²) in [5.41, 5.74) is 0.969. The number of anilines is 1. The van der Waals surface area contributed by atoms with Crippen molar-refractivity contribution in [2.24, 2.45) is 11.1 Å². The molecule has 1 atom stereocenters. The van der Waals surface area contributed by atoms with E-state index in [0.717, 1.165) is 0 Å². The Labute approximate surface area is 112 Å². The minimum absolute atomic E-state index is 0.0213. The van der Waals surface area contributed by atoms with Gasteiger partial charge in [-0.05, 0) is 31.0 Å². The van der Waals surface area contributed by atoms with Crippen molar-refractivity contribution in [2.75, 3.05) is 18.5 Å². The third-order valence-electron chi connectivity index (χ3n) is 3.06. The lowest BCUT2D eigenvalue weighted by atomic mass is 10.1. The molecular formula is C12H16N2O4S. The fourth-order valence-corrected chi connectivity index (χ4v) is 2.78. The number of amides is 1. The first-order chi connectivity index (χ1) is 8.88. The average molecular weight is 284 g/mol. The van der Waals surface area contributed by atoms with Crippen molar-refractivity contribution in [1.29, 1.82) is 0 Å². The first-order valence-electron chi connectivity index (χ1n) is 5.90. The first kappa shape index (κ1) is 14.0. The van der Waals surface area contributed by atoms with E-state index in [9.17, 15) is 13.2 Å². The van der Waals surface area contributed by atoms with Gasteiger partial charge in [0.05, 0.1) is 17.4 Å². The maximum atomic E-state index is 11.9. The average Bonchev–Trinajstić information content (AvgIpc) is 2.83. The molecule has 1 heterocycles. The zero-order valence-corrected chi connectivity index (χ0v) is 11.4. The molecule has 2 rings (SSSR count). The Morgan fingerprint density at radius 2 is 2.21 bits per heavy atom.